The molecule has 1 aliphatic rings. The molecule has 3 rings (SSSR count). The number of fused-ring (bicyclic) bond motifs is 1. The van der Waals surface area contributed by atoms with Gasteiger partial charge in [0, 0.05) is 11.1 Å². The molecule has 22 heavy (non-hydrogen) atoms. The van der Waals surface area contributed by atoms with E-state index in [-0.39, 0.29) is 5.91 Å². The van der Waals surface area contributed by atoms with E-state index in [1.807, 2.05) is 36.4 Å². The van der Waals surface area contributed by atoms with Crippen LogP contribution in [-0.2, 0) is 0 Å². The van der Waals surface area contributed by atoms with Crippen LogP contribution in [0.2, 0.25) is 0 Å². The number of carbonyl (C=O) groups is 1. The van der Waals surface area contributed by atoms with E-state index in [1.165, 1.54) is 4.90 Å². The minimum absolute atomic E-state index is 0.159. The fourth-order valence-corrected chi connectivity index (χ4v) is 2.55. The molecule has 2 aromatic carbocycles. The maximum atomic E-state index is 11.9. The van der Waals surface area contributed by atoms with Gasteiger partial charge in [-0.2, -0.15) is 5.26 Å². The average molecular weight is 305 g/mol. The van der Waals surface area contributed by atoms with Gasteiger partial charge in [-0.15, -0.1) is 0 Å². The quantitative estimate of drug-likeness (QED) is 0.401. The van der Waals surface area contributed by atoms with Crippen LogP contribution in [0.15, 0.2) is 60.7 Å². The van der Waals surface area contributed by atoms with Gasteiger partial charge in [0.2, 0.25) is 0 Å². The number of hydrogen-bond acceptors (Lipinski definition) is 3. The molecule has 1 heterocycles. The number of nitrogens with one attached hydrogen (secondary N) is 1. The maximum absolute atomic E-state index is 11.9. The number of carbonyl (C=O) groups excluding carboxylic acids is 1. The van der Waals surface area contributed by atoms with Crippen LogP contribution in [0.3, 0.4) is 0 Å². The highest BCUT2D eigenvalue weighted by molar-refractivity contribution is 7.81. The van der Waals surface area contributed by atoms with Crippen LogP contribution in [0.5, 0.6) is 0 Å². The summed E-state index contributed by atoms with van der Waals surface area (Å²) in [5, 5.41) is 12.1. The minimum Gasteiger partial charge on any atom is -0.321 e. The Kier molecular flexibility index (Phi) is 3.69. The summed E-state index contributed by atoms with van der Waals surface area (Å²) < 4.78 is 0. The van der Waals surface area contributed by atoms with Crippen molar-refractivity contribution in [2.75, 3.05) is 4.90 Å². The van der Waals surface area contributed by atoms with E-state index in [0.29, 0.717) is 21.9 Å². The first kappa shape index (κ1) is 14.0. The third-order valence-electron chi connectivity index (χ3n) is 3.31. The fourth-order valence-electron chi connectivity index (χ4n) is 2.29. The Labute approximate surface area is 133 Å². The summed E-state index contributed by atoms with van der Waals surface area (Å²) >= 11 is 5.34. The van der Waals surface area contributed by atoms with Gasteiger partial charge in [0.1, 0.15) is 4.99 Å². The number of benzene rings is 2. The molecule has 0 fully saturated rings. The van der Waals surface area contributed by atoms with Gasteiger partial charge in [-0.3, -0.25) is 4.79 Å². The van der Waals surface area contributed by atoms with Crippen molar-refractivity contribution in [3.63, 3.8) is 0 Å². The number of para-hydroxylation sites is 1. The lowest BCUT2D eigenvalue weighted by Crippen LogP contribution is -2.23. The molecule has 0 unspecified atom stereocenters. The lowest BCUT2D eigenvalue weighted by atomic mass is 10.1. The Bertz CT molecular complexity index is 821. The number of rotatable bonds is 2. The van der Waals surface area contributed by atoms with Crippen molar-refractivity contribution in [3.05, 3.63) is 71.8 Å². The predicted molar refractivity (Wildman–Crippen MR) is 89.0 cm³/mol. The van der Waals surface area contributed by atoms with Gasteiger partial charge < -0.3 is 5.32 Å². The first-order valence-corrected chi connectivity index (χ1v) is 7.03. The molecular formula is C17H11N3OS. The van der Waals surface area contributed by atoms with E-state index >= 15 is 0 Å². The van der Waals surface area contributed by atoms with Crippen molar-refractivity contribution in [2.45, 2.75) is 0 Å². The van der Waals surface area contributed by atoms with Crippen LogP contribution in [0, 0.1) is 11.5 Å². The predicted octanol–water partition coefficient (Wildman–Crippen LogP) is 3.09. The van der Waals surface area contributed by atoms with E-state index in [2.05, 4.69) is 11.5 Å². The molecule has 1 amide bonds. The monoisotopic (exact) mass is 305 g/mol. The molecule has 0 radical (unpaired) electrons. The highest BCUT2D eigenvalue weighted by Crippen LogP contribution is 2.24. The van der Waals surface area contributed by atoms with Crippen LogP contribution in [0.25, 0.3) is 5.70 Å². The molecule has 1 aliphatic heterocycles. The van der Waals surface area contributed by atoms with Crippen molar-refractivity contribution >= 4 is 34.5 Å². The number of thiocarbonyl (C=S) groups is 1. The van der Waals surface area contributed by atoms with E-state index < -0.39 is 0 Å². The second-order valence-corrected chi connectivity index (χ2v) is 5.09. The number of amides is 1. The van der Waals surface area contributed by atoms with Gasteiger partial charge in [0.05, 0.1) is 11.4 Å². The number of nitrogens with zero attached hydrogens (tertiary/aromatic N) is 2. The zero-order chi connectivity index (χ0) is 15.5. The second-order valence-electron chi connectivity index (χ2n) is 4.67. The Hall–Kier alpha value is -2.97. The lowest BCUT2D eigenvalue weighted by Gasteiger charge is -2.14. The van der Waals surface area contributed by atoms with E-state index in [9.17, 15) is 10.1 Å². The van der Waals surface area contributed by atoms with Gasteiger partial charge in [0.25, 0.3) is 5.91 Å². The van der Waals surface area contributed by atoms with Gasteiger partial charge in [-0.25, -0.2) is 4.90 Å². The Morgan fingerprint density at radius 1 is 1.09 bits per heavy atom. The van der Waals surface area contributed by atoms with Crippen LogP contribution < -0.4 is 10.2 Å². The zero-order valence-electron chi connectivity index (χ0n) is 11.5. The standard InChI is InChI=1S/C17H11N3OS/c18-11-20(12-6-2-1-3-7-12)16(22)10-15-13-8-4-5-9-14(13)17(21)19-15/h1-10H,(H,19,21). The van der Waals surface area contributed by atoms with Crippen molar-refractivity contribution in [1.82, 2.24) is 5.32 Å². The molecule has 0 aliphatic carbocycles. The molecule has 2 aromatic rings. The summed E-state index contributed by atoms with van der Waals surface area (Å²) in [4.78, 5) is 13.6. The summed E-state index contributed by atoms with van der Waals surface area (Å²) in [6.07, 6.45) is 3.70. The molecular weight excluding hydrogens is 294 g/mol. The molecule has 0 saturated heterocycles. The largest absolute Gasteiger partial charge is 0.321 e. The third-order valence-corrected chi connectivity index (χ3v) is 3.61. The van der Waals surface area contributed by atoms with Crippen LogP contribution in [-0.4, -0.2) is 10.9 Å². The summed E-state index contributed by atoms with van der Waals surface area (Å²) in [7, 11) is 0. The molecule has 0 saturated carbocycles. The Morgan fingerprint density at radius 3 is 2.41 bits per heavy atom. The number of nitriles is 1. The normalized spacial score (nSPS) is 14.1. The summed E-state index contributed by atoms with van der Waals surface area (Å²) in [6, 6.07) is 16.4. The summed E-state index contributed by atoms with van der Waals surface area (Å²) in [5.74, 6) is -0.159. The van der Waals surface area contributed by atoms with Gasteiger partial charge in [-0.1, -0.05) is 48.6 Å². The van der Waals surface area contributed by atoms with Crippen molar-refractivity contribution in [3.8, 4) is 6.19 Å². The first-order chi connectivity index (χ1) is 10.7. The van der Waals surface area contributed by atoms with Crippen LogP contribution >= 0.6 is 12.2 Å². The molecule has 0 spiro atoms. The molecule has 0 atom stereocenters. The van der Waals surface area contributed by atoms with Gasteiger partial charge >= 0.3 is 0 Å². The highest BCUT2D eigenvalue weighted by Gasteiger charge is 2.23. The van der Waals surface area contributed by atoms with E-state index in [1.54, 1.807) is 24.3 Å². The summed E-state index contributed by atoms with van der Waals surface area (Å²) in [6.45, 7) is 0. The topological polar surface area (TPSA) is 56.1 Å². The molecule has 0 bridgehead atoms. The van der Waals surface area contributed by atoms with Crippen molar-refractivity contribution in [2.24, 2.45) is 0 Å². The fraction of sp³-hybridized carbons (Fsp3) is 0. The maximum Gasteiger partial charge on any atom is 0.256 e. The third kappa shape index (κ3) is 2.48. The van der Waals surface area contributed by atoms with Gasteiger partial charge in [-0.05, 0) is 24.3 Å². The number of hydrogen-bond donors (Lipinski definition) is 1. The zero-order valence-corrected chi connectivity index (χ0v) is 12.3. The molecule has 1 N–H and O–H groups in total. The average Bonchev–Trinajstić information content (AvgIpc) is 2.86. The Morgan fingerprint density at radius 2 is 1.73 bits per heavy atom. The minimum atomic E-state index is -0.159. The van der Waals surface area contributed by atoms with Gasteiger partial charge in [0.15, 0.2) is 6.19 Å². The van der Waals surface area contributed by atoms with Crippen molar-refractivity contribution in [1.29, 1.82) is 5.26 Å². The lowest BCUT2D eigenvalue weighted by molar-refractivity contribution is 0.0981. The van der Waals surface area contributed by atoms with Crippen molar-refractivity contribution < 1.29 is 4.79 Å². The molecule has 106 valence electrons. The smallest absolute Gasteiger partial charge is 0.256 e. The van der Waals surface area contributed by atoms with Crippen LogP contribution in [0.4, 0.5) is 5.69 Å². The SMILES string of the molecule is N#CN(C(=S)C=C1NC(=O)c2ccccc21)c1ccccc1. The first-order valence-electron chi connectivity index (χ1n) is 6.62. The molecule has 0 aromatic heterocycles. The molecule has 4 nitrogen and oxygen atoms in total. The Balaban J connectivity index is 1.95. The van der Waals surface area contributed by atoms with E-state index in [0.717, 1.165) is 5.56 Å². The second kappa shape index (κ2) is 5.80. The molecule has 5 heteroatoms. The van der Waals surface area contributed by atoms with Crippen LogP contribution in [0.1, 0.15) is 15.9 Å². The highest BCUT2D eigenvalue weighted by atomic mass is 32.1. The summed E-state index contributed by atoms with van der Waals surface area (Å²) in [5.41, 5.74) is 2.70. The number of anilines is 1. The van der Waals surface area contributed by atoms with E-state index in [4.69, 9.17) is 12.2 Å².